The number of hydrogen-bond acceptors (Lipinski definition) is 8. The summed E-state index contributed by atoms with van der Waals surface area (Å²) in [5.74, 6) is -0.658. The van der Waals surface area contributed by atoms with Crippen LogP contribution in [-0.4, -0.2) is 40.0 Å². The average molecular weight is 453 g/mol. The van der Waals surface area contributed by atoms with Crippen molar-refractivity contribution < 1.29 is 18.0 Å². The van der Waals surface area contributed by atoms with Crippen molar-refractivity contribution in [3.63, 3.8) is 0 Å². The SMILES string of the molecule is NC(=O)c1nc(Sc2cccnc2C(F)(F)F)c(N)nc1N1CCC2(CCC2N)CC1. The van der Waals surface area contributed by atoms with Gasteiger partial charge in [0, 0.05) is 30.2 Å². The highest BCUT2D eigenvalue weighted by Gasteiger charge is 2.46. The van der Waals surface area contributed by atoms with Crippen molar-refractivity contribution in [3.8, 4) is 0 Å². The Kier molecular flexibility index (Phi) is 5.46. The van der Waals surface area contributed by atoms with E-state index < -0.39 is 17.8 Å². The minimum Gasteiger partial charge on any atom is -0.381 e. The standard InChI is InChI=1S/C19H22F3N7OS/c20-19(21,22)13-10(2-1-7-26-13)31-17-14(24)28-16(12(27-17)15(25)30)29-8-5-18(6-9-29)4-3-11(18)23/h1-2,7,11H,3-6,8-9,23H2,(H2,24,28)(H2,25,30). The Bertz CT molecular complexity index is 1010. The highest BCUT2D eigenvalue weighted by Crippen LogP contribution is 2.48. The van der Waals surface area contributed by atoms with Crippen molar-refractivity contribution in [2.75, 3.05) is 23.7 Å². The zero-order chi connectivity index (χ0) is 22.4. The number of piperidine rings is 1. The molecule has 1 saturated heterocycles. The van der Waals surface area contributed by atoms with Gasteiger partial charge in [0.1, 0.15) is 5.03 Å². The lowest BCUT2D eigenvalue weighted by Gasteiger charge is -2.52. The van der Waals surface area contributed by atoms with E-state index in [-0.39, 0.29) is 38.7 Å². The second kappa shape index (κ2) is 7.83. The van der Waals surface area contributed by atoms with Gasteiger partial charge in [-0.15, -0.1) is 0 Å². The molecule has 1 amide bonds. The fourth-order valence-electron chi connectivity index (χ4n) is 4.18. The Labute approximate surface area is 180 Å². The number of pyridine rings is 1. The molecule has 2 fully saturated rings. The molecule has 1 atom stereocenters. The minimum atomic E-state index is -4.65. The van der Waals surface area contributed by atoms with Gasteiger partial charge in [-0.05, 0) is 43.2 Å². The summed E-state index contributed by atoms with van der Waals surface area (Å²) in [5.41, 5.74) is 16.7. The number of hydrogen-bond donors (Lipinski definition) is 3. The molecule has 166 valence electrons. The highest BCUT2D eigenvalue weighted by molar-refractivity contribution is 7.99. The van der Waals surface area contributed by atoms with Crippen molar-refractivity contribution in [3.05, 3.63) is 29.7 Å². The number of nitrogens with two attached hydrogens (primary N) is 3. The number of rotatable bonds is 4. The van der Waals surface area contributed by atoms with E-state index in [9.17, 15) is 18.0 Å². The van der Waals surface area contributed by atoms with E-state index in [1.807, 2.05) is 4.90 Å². The summed E-state index contributed by atoms with van der Waals surface area (Å²) in [6, 6.07) is 2.81. The summed E-state index contributed by atoms with van der Waals surface area (Å²) in [6.07, 6.45) is 0.214. The zero-order valence-corrected chi connectivity index (χ0v) is 17.3. The van der Waals surface area contributed by atoms with Crippen molar-refractivity contribution >= 4 is 29.3 Å². The fourth-order valence-corrected chi connectivity index (χ4v) is 5.09. The van der Waals surface area contributed by atoms with E-state index in [0.29, 0.717) is 24.9 Å². The van der Waals surface area contributed by atoms with Crippen LogP contribution in [0, 0.1) is 5.41 Å². The van der Waals surface area contributed by atoms with Gasteiger partial charge in [0.2, 0.25) is 0 Å². The Morgan fingerprint density at radius 3 is 2.48 bits per heavy atom. The lowest BCUT2D eigenvalue weighted by atomic mass is 9.60. The molecule has 6 N–H and O–H groups in total. The number of aromatic nitrogens is 3. The normalized spacial score (nSPS) is 20.5. The van der Waals surface area contributed by atoms with Gasteiger partial charge in [0.25, 0.3) is 5.91 Å². The van der Waals surface area contributed by atoms with Crippen LogP contribution in [0.15, 0.2) is 28.3 Å². The van der Waals surface area contributed by atoms with Crippen molar-refractivity contribution in [1.82, 2.24) is 15.0 Å². The van der Waals surface area contributed by atoms with Crippen LogP contribution in [0.3, 0.4) is 0 Å². The zero-order valence-electron chi connectivity index (χ0n) is 16.5. The number of amides is 1. The molecule has 0 radical (unpaired) electrons. The number of carbonyl (C=O) groups excluding carboxylic acids is 1. The molecule has 1 aliphatic carbocycles. The van der Waals surface area contributed by atoms with E-state index >= 15 is 0 Å². The molecule has 1 unspecified atom stereocenters. The van der Waals surface area contributed by atoms with Crippen LogP contribution in [0.5, 0.6) is 0 Å². The highest BCUT2D eigenvalue weighted by atomic mass is 32.2. The molecule has 0 bridgehead atoms. The number of halogens is 3. The number of primary amides is 1. The monoisotopic (exact) mass is 453 g/mol. The van der Waals surface area contributed by atoms with Gasteiger partial charge in [-0.3, -0.25) is 9.78 Å². The Morgan fingerprint density at radius 1 is 1.23 bits per heavy atom. The van der Waals surface area contributed by atoms with E-state index in [1.165, 1.54) is 12.1 Å². The lowest BCUT2D eigenvalue weighted by molar-refractivity contribution is -0.143. The van der Waals surface area contributed by atoms with Gasteiger partial charge in [-0.2, -0.15) is 13.2 Å². The summed E-state index contributed by atoms with van der Waals surface area (Å²) in [6.45, 7) is 1.24. The first kappa shape index (κ1) is 21.6. The smallest absolute Gasteiger partial charge is 0.381 e. The molecule has 4 rings (SSSR count). The number of nitrogens with zero attached hydrogens (tertiary/aromatic N) is 4. The molecular weight excluding hydrogens is 431 g/mol. The van der Waals surface area contributed by atoms with E-state index in [2.05, 4.69) is 15.0 Å². The second-order valence-electron chi connectivity index (χ2n) is 7.90. The third-order valence-electron chi connectivity index (χ3n) is 6.15. The van der Waals surface area contributed by atoms with Crippen LogP contribution in [0.2, 0.25) is 0 Å². The molecule has 12 heteroatoms. The first-order chi connectivity index (χ1) is 14.6. The predicted octanol–water partition coefficient (Wildman–Crippen LogP) is 2.43. The lowest BCUT2D eigenvalue weighted by Crippen LogP contribution is -2.56. The summed E-state index contributed by atoms with van der Waals surface area (Å²) in [4.78, 5) is 25.7. The summed E-state index contributed by atoms with van der Waals surface area (Å²) in [5, 5.41) is -0.0365. The van der Waals surface area contributed by atoms with Gasteiger partial charge < -0.3 is 22.1 Å². The maximum Gasteiger partial charge on any atom is 0.434 e. The molecule has 2 aromatic heterocycles. The van der Waals surface area contributed by atoms with E-state index in [1.54, 1.807) is 0 Å². The molecule has 2 aromatic rings. The van der Waals surface area contributed by atoms with Gasteiger partial charge in [-0.25, -0.2) is 9.97 Å². The molecule has 0 aromatic carbocycles. The quantitative estimate of drug-likeness (QED) is 0.642. The fraction of sp³-hybridized carbons (Fsp3) is 0.474. The maximum atomic E-state index is 13.3. The van der Waals surface area contributed by atoms with Crippen LogP contribution in [0.1, 0.15) is 41.9 Å². The van der Waals surface area contributed by atoms with Crippen LogP contribution < -0.4 is 22.1 Å². The summed E-state index contributed by atoms with van der Waals surface area (Å²) in [7, 11) is 0. The first-order valence-corrected chi connectivity index (χ1v) is 10.6. The second-order valence-corrected chi connectivity index (χ2v) is 8.93. The van der Waals surface area contributed by atoms with Crippen LogP contribution in [-0.2, 0) is 6.18 Å². The molecule has 31 heavy (non-hydrogen) atoms. The number of alkyl halides is 3. The minimum absolute atomic E-state index is 0.0365. The molecule has 1 saturated carbocycles. The molecule has 1 aliphatic heterocycles. The largest absolute Gasteiger partial charge is 0.434 e. The van der Waals surface area contributed by atoms with Crippen molar-refractivity contribution in [2.24, 2.45) is 16.9 Å². The van der Waals surface area contributed by atoms with E-state index in [4.69, 9.17) is 17.2 Å². The molecular formula is C19H22F3N7OS. The Balaban J connectivity index is 1.63. The summed E-state index contributed by atoms with van der Waals surface area (Å²) >= 11 is 0.644. The van der Waals surface area contributed by atoms with Gasteiger partial charge >= 0.3 is 6.18 Å². The third kappa shape index (κ3) is 4.01. The van der Waals surface area contributed by atoms with Crippen molar-refractivity contribution in [1.29, 1.82) is 0 Å². The number of nitrogen functional groups attached to an aromatic ring is 1. The van der Waals surface area contributed by atoms with Crippen molar-refractivity contribution in [2.45, 2.75) is 47.8 Å². The van der Waals surface area contributed by atoms with Gasteiger partial charge in [-0.1, -0.05) is 11.8 Å². The molecule has 2 aliphatic rings. The van der Waals surface area contributed by atoms with Crippen LogP contribution >= 0.6 is 11.8 Å². The Morgan fingerprint density at radius 2 is 1.94 bits per heavy atom. The maximum absolute atomic E-state index is 13.3. The van der Waals surface area contributed by atoms with Gasteiger partial charge in [0.15, 0.2) is 23.0 Å². The van der Waals surface area contributed by atoms with E-state index in [0.717, 1.165) is 31.9 Å². The molecule has 8 nitrogen and oxygen atoms in total. The first-order valence-electron chi connectivity index (χ1n) is 9.79. The predicted molar refractivity (Wildman–Crippen MR) is 109 cm³/mol. The average Bonchev–Trinajstić information content (AvgIpc) is 2.73. The number of anilines is 2. The van der Waals surface area contributed by atoms with Crippen LogP contribution in [0.4, 0.5) is 24.8 Å². The third-order valence-corrected chi connectivity index (χ3v) is 7.19. The number of carbonyl (C=O) groups is 1. The molecule has 3 heterocycles. The summed E-state index contributed by atoms with van der Waals surface area (Å²) < 4.78 is 39.8. The van der Waals surface area contributed by atoms with Gasteiger partial charge in [0.05, 0.1) is 0 Å². The van der Waals surface area contributed by atoms with Crippen LogP contribution in [0.25, 0.3) is 0 Å². The topological polar surface area (TPSA) is 137 Å². The Hall–Kier alpha value is -2.60. The molecule has 1 spiro atoms.